The third-order valence-corrected chi connectivity index (χ3v) is 3.33. The van der Waals surface area contributed by atoms with Crippen molar-refractivity contribution in [2.45, 2.75) is 0 Å². The van der Waals surface area contributed by atoms with Crippen molar-refractivity contribution >= 4 is 36.3 Å². The zero-order valence-electron chi connectivity index (χ0n) is 11.3. The summed E-state index contributed by atoms with van der Waals surface area (Å²) in [5, 5.41) is 2.24. The van der Waals surface area contributed by atoms with E-state index in [-0.39, 0.29) is 30.3 Å². The van der Waals surface area contributed by atoms with Gasteiger partial charge in [0.15, 0.2) is 0 Å². The average Bonchev–Trinajstić information content (AvgIpc) is 2.87. The first-order chi connectivity index (χ1) is 8.38. The Kier molecular flexibility index (Phi) is 7.85. The van der Waals surface area contributed by atoms with Crippen LogP contribution >= 0.6 is 24.8 Å². The number of aromatic nitrogens is 2. The van der Waals surface area contributed by atoms with Crippen LogP contribution in [-0.2, 0) is 0 Å². The molecule has 0 unspecified atom stereocenters. The van der Waals surface area contributed by atoms with Gasteiger partial charge >= 0.3 is 0 Å². The van der Waals surface area contributed by atoms with Crippen LogP contribution in [0.25, 0.3) is 5.65 Å². The normalized spacial score (nSPS) is 15.2. The maximum atomic E-state index is 4.32. The Morgan fingerprint density at radius 2 is 1.80 bits per heavy atom. The van der Waals surface area contributed by atoms with E-state index < -0.39 is 0 Å². The molecule has 8 heteroatoms. The van der Waals surface area contributed by atoms with Crippen LogP contribution in [0.4, 0.5) is 5.82 Å². The number of hydrogen-bond acceptors (Lipinski definition) is 4. The zero-order chi connectivity index (χ0) is 11.7. The fraction of sp³-hybridized carbons (Fsp3) is 0.417. The van der Waals surface area contributed by atoms with Gasteiger partial charge in [0.05, 0.1) is 0 Å². The summed E-state index contributed by atoms with van der Waals surface area (Å²) < 4.78 is 2.15. The molecule has 6 nitrogen and oxygen atoms in total. The van der Waals surface area contributed by atoms with Gasteiger partial charge in [0.2, 0.25) is 0 Å². The van der Waals surface area contributed by atoms with Gasteiger partial charge in [-0.25, -0.2) is 9.99 Å². The average molecular weight is 322 g/mol. The molecule has 3 heterocycles. The topological polar surface area (TPSA) is 67.3 Å². The van der Waals surface area contributed by atoms with E-state index in [2.05, 4.69) is 36.9 Å². The van der Waals surface area contributed by atoms with Gasteiger partial charge in [-0.05, 0) is 19.2 Å². The lowest BCUT2D eigenvalue weighted by Gasteiger charge is -2.35. The summed E-state index contributed by atoms with van der Waals surface area (Å²) in [5.74, 6) is 1.23. The van der Waals surface area contributed by atoms with Crippen molar-refractivity contribution in [3.8, 4) is 0 Å². The van der Waals surface area contributed by atoms with Crippen LogP contribution in [0.15, 0.2) is 30.6 Å². The Morgan fingerprint density at radius 1 is 1.10 bits per heavy atom. The molecular formula is C12H21Cl2N5O. The molecule has 0 amide bonds. The summed E-state index contributed by atoms with van der Waals surface area (Å²) in [7, 11) is 1.98. The van der Waals surface area contributed by atoms with Crippen LogP contribution < -0.4 is 10.3 Å². The molecular weight excluding hydrogens is 301 g/mol. The highest BCUT2D eigenvalue weighted by atomic mass is 35.5. The predicted molar refractivity (Wildman–Crippen MR) is 86.1 cm³/mol. The molecule has 3 rings (SSSR count). The van der Waals surface area contributed by atoms with Gasteiger partial charge in [-0.3, -0.25) is 9.83 Å². The van der Waals surface area contributed by atoms with Gasteiger partial charge in [0.1, 0.15) is 11.5 Å². The van der Waals surface area contributed by atoms with Crippen molar-refractivity contribution in [3.63, 3.8) is 0 Å². The first-order valence-corrected chi connectivity index (χ1v) is 5.98. The lowest BCUT2D eigenvalue weighted by Crippen LogP contribution is -2.51. The molecule has 2 aromatic rings. The Hall–Kier alpha value is -1.05. The van der Waals surface area contributed by atoms with E-state index >= 15 is 0 Å². The molecule has 20 heavy (non-hydrogen) atoms. The Bertz CT molecular complexity index is 513. The second-order valence-electron chi connectivity index (χ2n) is 4.24. The van der Waals surface area contributed by atoms with Crippen molar-refractivity contribution in [1.82, 2.24) is 19.8 Å². The summed E-state index contributed by atoms with van der Waals surface area (Å²) in [5.41, 5.74) is 4.21. The highest BCUT2D eigenvalue weighted by molar-refractivity contribution is 5.85. The monoisotopic (exact) mass is 321 g/mol. The van der Waals surface area contributed by atoms with E-state index in [1.807, 2.05) is 25.5 Å². The summed E-state index contributed by atoms with van der Waals surface area (Å²) in [6.45, 7) is 4.17. The first kappa shape index (κ1) is 18.9. The second-order valence-corrected chi connectivity index (χ2v) is 4.24. The number of nitrogens with one attached hydrogen (secondary N) is 1. The lowest BCUT2D eigenvalue weighted by atomic mass is 10.3. The predicted octanol–water partition coefficient (Wildman–Crippen LogP) is 0.610. The minimum absolute atomic E-state index is 0. The van der Waals surface area contributed by atoms with Crippen LogP contribution in [0.1, 0.15) is 0 Å². The number of pyridine rings is 1. The standard InChI is InChI=1S/C12H17N5.2ClH.H2O/c1-13-16-9-7-15(8-10-16)12-4-2-3-11-14-5-6-17(11)12;;;/h2-6,13H,7-10H2,1H3;2*1H;1H2. The van der Waals surface area contributed by atoms with Crippen molar-refractivity contribution < 1.29 is 5.48 Å². The molecule has 0 aliphatic carbocycles. The minimum Gasteiger partial charge on any atom is -0.412 e. The van der Waals surface area contributed by atoms with Gasteiger partial charge < -0.3 is 10.4 Å². The molecule has 1 fully saturated rings. The Labute approximate surface area is 130 Å². The minimum atomic E-state index is 0. The summed E-state index contributed by atoms with van der Waals surface area (Å²) in [6.07, 6.45) is 3.87. The molecule has 0 aromatic carbocycles. The van der Waals surface area contributed by atoms with Gasteiger partial charge in [-0.1, -0.05) is 6.07 Å². The SMILES string of the molecule is CNN1CCN(c2cccc3nccn23)CC1.Cl.Cl.O. The third kappa shape index (κ3) is 3.53. The van der Waals surface area contributed by atoms with E-state index in [0.29, 0.717) is 0 Å². The number of halogens is 2. The number of hydrogen-bond donors (Lipinski definition) is 1. The van der Waals surface area contributed by atoms with Crippen LogP contribution in [-0.4, -0.2) is 53.1 Å². The third-order valence-electron chi connectivity index (χ3n) is 3.33. The van der Waals surface area contributed by atoms with Gasteiger partial charge in [0.25, 0.3) is 0 Å². The summed E-state index contributed by atoms with van der Waals surface area (Å²) in [4.78, 5) is 6.72. The largest absolute Gasteiger partial charge is 0.412 e. The smallest absolute Gasteiger partial charge is 0.138 e. The fourth-order valence-corrected chi connectivity index (χ4v) is 2.35. The molecule has 1 saturated heterocycles. The highest BCUT2D eigenvalue weighted by Crippen LogP contribution is 2.17. The number of rotatable bonds is 2. The maximum Gasteiger partial charge on any atom is 0.138 e. The molecule has 0 spiro atoms. The van der Waals surface area contributed by atoms with Crippen molar-refractivity contribution in [3.05, 3.63) is 30.6 Å². The molecule has 0 atom stereocenters. The number of nitrogens with zero attached hydrogens (tertiary/aromatic N) is 4. The first-order valence-electron chi connectivity index (χ1n) is 5.98. The summed E-state index contributed by atoms with van der Waals surface area (Å²) in [6, 6.07) is 6.26. The second kappa shape index (κ2) is 8.28. The fourth-order valence-electron chi connectivity index (χ4n) is 2.35. The number of anilines is 1. The zero-order valence-corrected chi connectivity index (χ0v) is 13.0. The lowest BCUT2D eigenvalue weighted by molar-refractivity contribution is 0.195. The molecule has 0 saturated carbocycles. The molecule has 0 radical (unpaired) electrons. The number of piperazine rings is 1. The van der Waals surface area contributed by atoms with Crippen LogP contribution in [0.3, 0.4) is 0 Å². The Balaban J connectivity index is 0.00000120. The molecule has 3 N–H and O–H groups in total. The number of fused-ring (bicyclic) bond motifs is 1. The van der Waals surface area contributed by atoms with Crippen LogP contribution in [0.5, 0.6) is 0 Å². The van der Waals surface area contributed by atoms with Gasteiger partial charge in [0, 0.05) is 38.6 Å². The Morgan fingerprint density at radius 3 is 2.45 bits per heavy atom. The van der Waals surface area contributed by atoms with E-state index in [0.717, 1.165) is 31.8 Å². The van der Waals surface area contributed by atoms with E-state index in [9.17, 15) is 0 Å². The van der Waals surface area contributed by atoms with Crippen molar-refractivity contribution in [1.29, 1.82) is 0 Å². The van der Waals surface area contributed by atoms with Crippen molar-refractivity contribution in [2.24, 2.45) is 0 Å². The molecule has 114 valence electrons. The van der Waals surface area contributed by atoms with Crippen LogP contribution in [0.2, 0.25) is 0 Å². The van der Waals surface area contributed by atoms with E-state index in [4.69, 9.17) is 0 Å². The molecule has 2 aromatic heterocycles. The highest BCUT2D eigenvalue weighted by Gasteiger charge is 2.17. The maximum absolute atomic E-state index is 4.32. The summed E-state index contributed by atoms with van der Waals surface area (Å²) >= 11 is 0. The number of hydrazine groups is 1. The quantitative estimate of drug-likeness (QED) is 0.880. The van der Waals surface area contributed by atoms with E-state index in [1.54, 1.807) is 0 Å². The molecule has 0 bridgehead atoms. The number of imidazole rings is 1. The van der Waals surface area contributed by atoms with Crippen molar-refractivity contribution in [2.75, 3.05) is 38.1 Å². The van der Waals surface area contributed by atoms with Gasteiger partial charge in [-0.2, -0.15) is 0 Å². The van der Waals surface area contributed by atoms with Gasteiger partial charge in [-0.15, -0.1) is 24.8 Å². The molecule has 1 aliphatic rings. The van der Waals surface area contributed by atoms with Crippen LogP contribution in [0, 0.1) is 0 Å². The molecule has 1 aliphatic heterocycles. The van der Waals surface area contributed by atoms with E-state index in [1.165, 1.54) is 5.82 Å².